The van der Waals surface area contributed by atoms with Crippen molar-refractivity contribution in [1.29, 1.82) is 0 Å². The van der Waals surface area contributed by atoms with Crippen molar-refractivity contribution in [3.63, 3.8) is 0 Å². The maximum Gasteiger partial charge on any atom is 0.355 e. The summed E-state index contributed by atoms with van der Waals surface area (Å²) in [7, 11) is 0. The Morgan fingerprint density at radius 1 is 1.69 bits per heavy atom. The van der Waals surface area contributed by atoms with Gasteiger partial charge in [-0.1, -0.05) is 6.58 Å². The summed E-state index contributed by atoms with van der Waals surface area (Å²) >= 11 is 0. The van der Waals surface area contributed by atoms with Crippen LogP contribution in [0, 0.1) is 0 Å². The van der Waals surface area contributed by atoms with Gasteiger partial charge < -0.3 is 9.57 Å². The van der Waals surface area contributed by atoms with Crippen LogP contribution in [0.4, 0.5) is 0 Å². The summed E-state index contributed by atoms with van der Waals surface area (Å²) in [5.41, 5.74) is 0.981. The Morgan fingerprint density at radius 2 is 2.38 bits per heavy atom. The van der Waals surface area contributed by atoms with E-state index in [0.29, 0.717) is 19.0 Å². The first-order valence-corrected chi connectivity index (χ1v) is 4.07. The van der Waals surface area contributed by atoms with E-state index in [9.17, 15) is 4.79 Å². The van der Waals surface area contributed by atoms with Crippen molar-refractivity contribution in [1.82, 2.24) is 5.06 Å². The van der Waals surface area contributed by atoms with Crippen LogP contribution in [-0.4, -0.2) is 24.2 Å². The van der Waals surface area contributed by atoms with Gasteiger partial charge in [0, 0.05) is 6.08 Å². The van der Waals surface area contributed by atoms with Gasteiger partial charge in [-0.2, -0.15) is 5.06 Å². The van der Waals surface area contributed by atoms with Crippen LogP contribution in [0.1, 0.15) is 13.8 Å². The van der Waals surface area contributed by atoms with Crippen molar-refractivity contribution < 1.29 is 14.4 Å². The third kappa shape index (κ3) is 2.24. The van der Waals surface area contributed by atoms with Crippen molar-refractivity contribution in [3.8, 4) is 0 Å². The highest BCUT2D eigenvalue weighted by Crippen LogP contribution is 2.18. The van der Waals surface area contributed by atoms with Crippen molar-refractivity contribution >= 4 is 5.97 Å². The summed E-state index contributed by atoms with van der Waals surface area (Å²) in [6, 6.07) is 0. The number of nitrogens with zero attached hydrogens (tertiary/aromatic N) is 1. The van der Waals surface area contributed by atoms with Crippen molar-refractivity contribution in [2.75, 3.05) is 13.2 Å². The monoisotopic (exact) mass is 183 g/mol. The number of allylic oxidation sites excluding steroid dienone is 1. The molecule has 0 unspecified atom stereocenters. The summed E-state index contributed by atoms with van der Waals surface area (Å²) in [6.07, 6.45) is 1.13. The molecule has 0 aromatic heterocycles. The van der Waals surface area contributed by atoms with E-state index in [1.165, 1.54) is 5.06 Å². The van der Waals surface area contributed by atoms with Crippen molar-refractivity contribution in [2.24, 2.45) is 0 Å². The van der Waals surface area contributed by atoms with Crippen LogP contribution in [0.3, 0.4) is 0 Å². The largest absolute Gasteiger partial charge is 0.475 e. The van der Waals surface area contributed by atoms with Gasteiger partial charge in [-0.05, 0) is 19.4 Å². The molecule has 0 aliphatic carbocycles. The predicted octanol–water partition coefficient (Wildman–Crippen LogP) is 1.21. The molecule has 4 heteroatoms. The summed E-state index contributed by atoms with van der Waals surface area (Å²) in [5.74, 6) is 0.152. The number of hydrogen-bond acceptors (Lipinski definition) is 4. The second-order valence-electron chi connectivity index (χ2n) is 2.87. The first-order valence-electron chi connectivity index (χ1n) is 4.07. The molecule has 1 rings (SSSR count). The predicted molar refractivity (Wildman–Crippen MR) is 47.3 cm³/mol. The zero-order chi connectivity index (χ0) is 9.84. The first kappa shape index (κ1) is 9.64. The average Bonchev–Trinajstić information content (AvgIpc) is 2.52. The van der Waals surface area contributed by atoms with Gasteiger partial charge in [0.25, 0.3) is 0 Å². The second kappa shape index (κ2) is 3.98. The zero-order valence-electron chi connectivity index (χ0n) is 7.87. The minimum absolute atomic E-state index is 0.468. The van der Waals surface area contributed by atoms with Crippen LogP contribution in [-0.2, 0) is 14.4 Å². The topological polar surface area (TPSA) is 38.8 Å². The number of carbonyl (C=O) groups is 1. The molecule has 0 aromatic carbocycles. The van der Waals surface area contributed by atoms with Crippen LogP contribution in [0.25, 0.3) is 0 Å². The fourth-order valence-corrected chi connectivity index (χ4v) is 1.03. The summed E-state index contributed by atoms with van der Waals surface area (Å²) in [5, 5.41) is 1.44. The highest BCUT2D eigenvalue weighted by Gasteiger charge is 2.22. The molecular formula is C9H13NO3. The molecule has 0 amide bonds. The van der Waals surface area contributed by atoms with Crippen molar-refractivity contribution in [3.05, 3.63) is 24.1 Å². The summed E-state index contributed by atoms with van der Waals surface area (Å²) < 4.78 is 5.27. The second-order valence-corrected chi connectivity index (χ2v) is 2.87. The maximum atomic E-state index is 10.9. The molecule has 0 saturated carbocycles. The highest BCUT2D eigenvalue weighted by molar-refractivity contribution is 5.80. The lowest BCUT2D eigenvalue weighted by Crippen LogP contribution is -2.22. The quantitative estimate of drug-likeness (QED) is 0.603. The SMILES string of the molecule is C=CC(=O)ON1CCOC1=C(C)C. The molecule has 1 heterocycles. The summed E-state index contributed by atoms with van der Waals surface area (Å²) in [4.78, 5) is 15.8. The smallest absolute Gasteiger partial charge is 0.355 e. The Balaban J connectivity index is 2.65. The van der Waals surface area contributed by atoms with Gasteiger partial charge in [-0.3, -0.25) is 0 Å². The van der Waals surface area contributed by atoms with E-state index < -0.39 is 5.97 Å². The number of ether oxygens (including phenoxy) is 1. The van der Waals surface area contributed by atoms with E-state index in [2.05, 4.69) is 6.58 Å². The Kier molecular flexibility index (Phi) is 2.95. The number of hydroxylamine groups is 2. The van der Waals surface area contributed by atoms with Gasteiger partial charge in [0.15, 0.2) is 0 Å². The third-order valence-electron chi connectivity index (χ3n) is 1.55. The van der Waals surface area contributed by atoms with Crippen LogP contribution in [0.15, 0.2) is 24.1 Å². The molecule has 0 spiro atoms. The lowest BCUT2D eigenvalue weighted by atomic mass is 10.4. The average molecular weight is 183 g/mol. The molecule has 1 fully saturated rings. The Morgan fingerprint density at radius 3 is 2.92 bits per heavy atom. The van der Waals surface area contributed by atoms with Gasteiger partial charge in [0.05, 0.1) is 6.54 Å². The number of carbonyl (C=O) groups excluding carboxylic acids is 1. The van der Waals surface area contributed by atoms with Gasteiger partial charge >= 0.3 is 5.97 Å². The molecule has 0 bridgehead atoms. The minimum Gasteiger partial charge on any atom is -0.475 e. The molecule has 0 N–H and O–H groups in total. The molecule has 1 saturated heterocycles. The Bertz CT molecular complexity index is 254. The standard InChI is InChI=1S/C9H13NO3/c1-4-8(11)13-10-5-6-12-9(10)7(2)3/h4H,1,5-6H2,2-3H3. The Hall–Kier alpha value is -1.45. The normalized spacial score (nSPS) is 15.2. The van der Waals surface area contributed by atoms with E-state index in [4.69, 9.17) is 9.57 Å². The fraction of sp³-hybridized carbons (Fsp3) is 0.444. The lowest BCUT2D eigenvalue weighted by Gasteiger charge is -2.15. The molecule has 1 aliphatic heterocycles. The van der Waals surface area contributed by atoms with Crippen LogP contribution in [0.2, 0.25) is 0 Å². The molecule has 1 aliphatic rings. The molecular weight excluding hydrogens is 170 g/mol. The molecule has 0 aromatic rings. The lowest BCUT2D eigenvalue weighted by molar-refractivity contribution is -0.174. The van der Waals surface area contributed by atoms with E-state index in [-0.39, 0.29) is 0 Å². The number of hydrogen-bond donors (Lipinski definition) is 0. The van der Waals surface area contributed by atoms with E-state index in [0.717, 1.165) is 11.6 Å². The minimum atomic E-state index is -0.468. The fourth-order valence-electron chi connectivity index (χ4n) is 1.03. The molecule has 13 heavy (non-hydrogen) atoms. The first-order chi connectivity index (χ1) is 6.15. The van der Waals surface area contributed by atoms with E-state index in [1.807, 2.05) is 13.8 Å². The Labute approximate surface area is 77.4 Å². The summed E-state index contributed by atoms with van der Waals surface area (Å²) in [6.45, 7) is 8.23. The third-order valence-corrected chi connectivity index (χ3v) is 1.55. The van der Waals surface area contributed by atoms with Crippen LogP contribution >= 0.6 is 0 Å². The van der Waals surface area contributed by atoms with E-state index in [1.54, 1.807) is 0 Å². The van der Waals surface area contributed by atoms with Crippen molar-refractivity contribution in [2.45, 2.75) is 13.8 Å². The van der Waals surface area contributed by atoms with Gasteiger partial charge in [0.1, 0.15) is 6.61 Å². The van der Waals surface area contributed by atoms with E-state index >= 15 is 0 Å². The van der Waals surface area contributed by atoms with Crippen LogP contribution < -0.4 is 0 Å². The van der Waals surface area contributed by atoms with Gasteiger partial charge in [0.2, 0.25) is 5.88 Å². The molecule has 72 valence electrons. The number of rotatable bonds is 2. The molecule has 4 nitrogen and oxygen atoms in total. The molecule has 0 radical (unpaired) electrons. The molecule has 0 atom stereocenters. The zero-order valence-corrected chi connectivity index (χ0v) is 7.87. The van der Waals surface area contributed by atoms with Crippen LogP contribution in [0.5, 0.6) is 0 Å². The van der Waals surface area contributed by atoms with Gasteiger partial charge in [-0.15, -0.1) is 0 Å². The maximum absolute atomic E-state index is 10.9. The highest BCUT2D eigenvalue weighted by atomic mass is 16.7. The van der Waals surface area contributed by atoms with Gasteiger partial charge in [-0.25, -0.2) is 4.79 Å².